The van der Waals surface area contributed by atoms with Gasteiger partial charge in [0.2, 0.25) is 0 Å². The second kappa shape index (κ2) is 10.6. The molecule has 0 radical (unpaired) electrons. The van der Waals surface area contributed by atoms with E-state index in [2.05, 4.69) is 10.3 Å². The standard InChI is InChI=1S/C26H27N5O6/c1-5-36-21-12-11-17(13-20(21)31(34)35)23-19(14-30(29-23)18-9-7-6-8-10-18)24-22(25(32)37-15(2)3)16(4)27-26(33)28-24/h6-15,22,24H,5H2,1-4H3,(H,28,33). The summed E-state index contributed by atoms with van der Waals surface area (Å²) < 4.78 is 12.5. The second-order valence-corrected chi connectivity index (χ2v) is 8.73. The van der Waals surface area contributed by atoms with E-state index in [1.165, 1.54) is 12.1 Å². The number of rotatable bonds is 8. The van der Waals surface area contributed by atoms with E-state index in [1.807, 2.05) is 30.3 Å². The Bertz CT molecular complexity index is 1370. The number of urea groups is 1. The number of carbonyl (C=O) groups is 2. The molecular formula is C26H27N5O6. The van der Waals surface area contributed by atoms with E-state index in [-0.39, 0.29) is 24.1 Å². The van der Waals surface area contributed by atoms with Crippen molar-refractivity contribution in [1.82, 2.24) is 15.1 Å². The Kier molecular flexibility index (Phi) is 7.32. The first kappa shape index (κ1) is 25.5. The van der Waals surface area contributed by atoms with Crippen LogP contribution in [0.15, 0.2) is 59.7 Å². The Morgan fingerprint density at radius 3 is 2.59 bits per heavy atom. The third-order valence-electron chi connectivity index (χ3n) is 5.77. The van der Waals surface area contributed by atoms with Gasteiger partial charge in [-0.3, -0.25) is 14.9 Å². The lowest BCUT2D eigenvalue weighted by atomic mass is 9.87. The molecule has 192 valence electrons. The van der Waals surface area contributed by atoms with Crippen LogP contribution in [0, 0.1) is 16.0 Å². The number of esters is 1. The maximum atomic E-state index is 13.1. The number of nitrogens with zero attached hydrogens (tertiary/aromatic N) is 4. The van der Waals surface area contributed by atoms with Gasteiger partial charge in [-0.15, -0.1) is 0 Å². The summed E-state index contributed by atoms with van der Waals surface area (Å²) in [5.41, 5.74) is 2.07. The van der Waals surface area contributed by atoms with Gasteiger partial charge in [0.1, 0.15) is 5.92 Å². The fourth-order valence-corrected chi connectivity index (χ4v) is 4.23. The zero-order chi connectivity index (χ0) is 26.7. The number of carbonyl (C=O) groups excluding carboxylic acids is 2. The molecule has 0 saturated carbocycles. The predicted molar refractivity (Wildman–Crippen MR) is 136 cm³/mol. The highest BCUT2D eigenvalue weighted by Gasteiger charge is 2.40. The molecule has 0 bridgehead atoms. The van der Waals surface area contributed by atoms with Crippen LogP contribution in [-0.4, -0.2) is 45.1 Å². The van der Waals surface area contributed by atoms with Gasteiger partial charge in [-0.2, -0.15) is 5.10 Å². The van der Waals surface area contributed by atoms with Crippen molar-refractivity contribution in [3.63, 3.8) is 0 Å². The molecule has 2 heterocycles. The van der Waals surface area contributed by atoms with Crippen molar-refractivity contribution in [1.29, 1.82) is 0 Å². The number of nitro groups is 1. The molecule has 2 amide bonds. The van der Waals surface area contributed by atoms with Crippen LogP contribution in [-0.2, 0) is 9.53 Å². The number of hydrogen-bond acceptors (Lipinski definition) is 7. The third-order valence-corrected chi connectivity index (χ3v) is 5.77. The van der Waals surface area contributed by atoms with E-state index < -0.39 is 28.9 Å². The van der Waals surface area contributed by atoms with E-state index in [1.54, 1.807) is 44.6 Å². The fraction of sp³-hybridized carbons (Fsp3) is 0.308. The van der Waals surface area contributed by atoms with Gasteiger partial charge in [0.05, 0.1) is 35.1 Å². The van der Waals surface area contributed by atoms with Gasteiger partial charge in [0.25, 0.3) is 0 Å². The number of amides is 2. The normalized spacial score (nSPS) is 17.2. The van der Waals surface area contributed by atoms with Crippen LogP contribution in [0.4, 0.5) is 10.5 Å². The average molecular weight is 506 g/mol. The van der Waals surface area contributed by atoms with E-state index >= 15 is 0 Å². The summed E-state index contributed by atoms with van der Waals surface area (Å²) in [5.74, 6) is -1.32. The van der Waals surface area contributed by atoms with Gasteiger partial charge in [0, 0.05) is 29.1 Å². The molecule has 0 aliphatic carbocycles. The smallest absolute Gasteiger partial charge is 0.341 e. The van der Waals surface area contributed by atoms with Crippen molar-refractivity contribution in [3.8, 4) is 22.7 Å². The quantitative estimate of drug-likeness (QED) is 0.267. The van der Waals surface area contributed by atoms with Crippen molar-refractivity contribution in [3.05, 3.63) is 70.4 Å². The Morgan fingerprint density at radius 2 is 1.95 bits per heavy atom. The highest BCUT2D eigenvalue weighted by Crippen LogP contribution is 2.38. The first-order chi connectivity index (χ1) is 17.7. The molecule has 1 N–H and O–H groups in total. The molecule has 37 heavy (non-hydrogen) atoms. The van der Waals surface area contributed by atoms with Crippen molar-refractivity contribution in [2.75, 3.05) is 6.61 Å². The third kappa shape index (κ3) is 5.35. The van der Waals surface area contributed by atoms with E-state index in [4.69, 9.17) is 14.6 Å². The number of hydrogen-bond donors (Lipinski definition) is 1. The topological polar surface area (TPSA) is 138 Å². The van der Waals surface area contributed by atoms with Gasteiger partial charge < -0.3 is 14.8 Å². The van der Waals surface area contributed by atoms with Crippen molar-refractivity contribution >= 4 is 23.4 Å². The number of aromatic nitrogens is 2. The van der Waals surface area contributed by atoms with Gasteiger partial charge in [-0.05, 0) is 52.0 Å². The minimum absolute atomic E-state index is 0.132. The second-order valence-electron chi connectivity index (χ2n) is 8.73. The summed E-state index contributed by atoms with van der Waals surface area (Å²) in [5, 5.41) is 19.3. The molecule has 0 saturated heterocycles. The van der Waals surface area contributed by atoms with Crippen LogP contribution >= 0.6 is 0 Å². The Hall–Kier alpha value is -4.54. The molecule has 1 aliphatic rings. The van der Waals surface area contributed by atoms with Gasteiger partial charge >= 0.3 is 17.7 Å². The Morgan fingerprint density at radius 1 is 1.22 bits per heavy atom. The summed E-state index contributed by atoms with van der Waals surface area (Å²) >= 11 is 0. The lowest BCUT2D eigenvalue weighted by Gasteiger charge is -2.30. The fourth-order valence-electron chi connectivity index (χ4n) is 4.23. The minimum Gasteiger partial charge on any atom is -0.487 e. The monoisotopic (exact) mass is 505 g/mol. The maximum Gasteiger partial charge on any atom is 0.341 e. The van der Waals surface area contributed by atoms with Crippen LogP contribution < -0.4 is 10.1 Å². The molecule has 4 rings (SSSR count). The van der Waals surface area contributed by atoms with Crippen molar-refractivity contribution in [2.24, 2.45) is 10.9 Å². The Labute approximate surface area is 213 Å². The zero-order valence-electron chi connectivity index (χ0n) is 20.9. The van der Waals surface area contributed by atoms with Gasteiger partial charge in [-0.1, -0.05) is 18.2 Å². The van der Waals surface area contributed by atoms with Crippen molar-refractivity contribution in [2.45, 2.75) is 39.8 Å². The lowest BCUT2D eigenvalue weighted by Crippen LogP contribution is -2.44. The number of para-hydroxylation sites is 1. The van der Waals surface area contributed by atoms with E-state index in [9.17, 15) is 19.7 Å². The van der Waals surface area contributed by atoms with Crippen LogP contribution in [0.1, 0.15) is 39.3 Å². The van der Waals surface area contributed by atoms with Crippen LogP contribution in [0.3, 0.4) is 0 Å². The minimum atomic E-state index is -0.912. The molecule has 11 heteroatoms. The SMILES string of the molecule is CCOc1ccc(-c2nn(-c3ccccc3)cc2C2NC(=O)N=C(C)C2C(=O)OC(C)C)cc1[N+](=O)[O-]. The number of nitrogens with one attached hydrogen (secondary N) is 1. The van der Waals surface area contributed by atoms with Crippen LogP contribution in [0.5, 0.6) is 5.75 Å². The summed E-state index contributed by atoms with van der Waals surface area (Å²) in [6.45, 7) is 7.07. The number of ether oxygens (including phenoxy) is 2. The highest BCUT2D eigenvalue weighted by molar-refractivity contribution is 6.08. The zero-order valence-corrected chi connectivity index (χ0v) is 20.9. The molecule has 2 aromatic carbocycles. The summed E-state index contributed by atoms with van der Waals surface area (Å²) in [7, 11) is 0. The summed E-state index contributed by atoms with van der Waals surface area (Å²) in [6.07, 6.45) is 1.32. The molecule has 2 atom stereocenters. The Balaban J connectivity index is 1.91. The largest absolute Gasteiger partial charge is 0.487 e. The highest BCUT2D eigenvalue weighted by atomic mass is 16.6. The van der Waals surface area contributed by atoms with E-state index in [0.29, 0.717) is 22.5 Å². The molecule has 0 fully saturated rings. The van der Waals surface area contributed by atoms with E-state index in [0.717, 1.165) is 5.69 Å². The maximum absolute atomic E-state index is 13.1. The molecule has 0 spiro atoms. The average Bonchev–Trinajstić information content (AvgIpc) is 3.29. The first-order valence-electron chi connectivity index (χ1n) is 11.8. The molecule has 1 aliphatic heterocycles. The lowest BCUT2D eigenvalue weighted by molar-refractivity contribution is -0.385. The summed E-state index contributed by atoms with van der Waals surface area (Å²) in [6, 6.07) is 12.3. The summed E-state index contributed by atoms with van der Waals surface area (Å²) in [4.78, 5) is 40.8. The number of aliphatic imine (C=N–C) groups is 1. The molecule has 3 aromatic rings. The van der Waals surface area contributed by atoms with Gasteiger partial charge in [0.15, 0.2) is 5.75 Å². The number of nitro benzene ring substituents is 1. The van der Waals surface area contributed by atoms with Crippen LogP contribution in [0.2, 0.25) is 0 Å². The molecule has 1 aromatic heterocycles. The van der Waals surface area contributed by atoms with Crippen molar-refractivity contribution < 1.29 is 24.0 Å². The number of benzene rings is 2. The first-order valence-corrected chi connectivity index (χ1v) is 11.8. The van der Waals surface area contributed by atoms with Gasteiger partial charge in [-0.25, -0.2) is 14.5 Å². The molecule has 11 nitrogen and oxygen atoms in total. The molecular weight excluding hydrogens is 478 g/mol. The predicted octanol–water partition coefficient (Wildman–Crippen LogP) is 4.64. The van der Waals surface area contributed by atoms with Crippen LogP contribution in [0.25, 0.3) is 16.9 Å². The molecule has 2 unspecified atom stereocenters.